The fourth-order valence-corrected chi connectivity index (χ4v) is 4.52. The molecule has 2 aromatic rings. The molecule has 0 N–H and O–H groups in total. The number of sulfonamides is 1. The minimum absolute atomic E-state index is 0.0786. The molecule has 2 aromatic carbocycles. The smallest absolute Gasteiger partial charge is 0.246 e. The molecular formula is C20H19F3N2O3S. The highest BCUT2D eigenvalue weighted by atomic mass is 32.2. The maximum atomic E-state index is 13.9. The second-order valence-electron chi connectivity index (χ2n) is 6.65. The van der Waals surface area contributed by atoms with Gasteiger partial charge in [0.15, 0.2) is 17.5 Å². The summed E-state index contributed by atoms with van der Waals surface area (Å²) in [5, 5.41) is 0. The zero-order valence-corrected chi connectivity index (χ0v) is 16.4. The Bertz CT molecular complexity index is 1060. The van der Waals surface area contributed by atoms with Crippen molar-refractivity contribution in [3.63, 3.8) is 0 Å². The lowest BCUT2D eigenvalue weighted by Crippen LogP contribution is -2.50. The zero-order valence-electron chi connectivity index (χ0n) is 15.6. The predicted molar refractivity (Wildman–Crippen MR) is 102 cm³/mol. The number of hydrogen-bond donors (Lipinski definition) is 0. The Morgan fingerprint density at radius 1 is 1.00 bits per heavy atom. The molecule has 5 nitrogen and oxygen atoms in total. The Kier molecular flexibility index (Phi) is 6.09. The van der Waals surface area contributed by atoms with Crippen LogP contribution in [0.3, 0.4) is 0 Å². The summed E-state index contributed by atoms with van der Waals surface area (Å²) in [6, 6.07) is 8.86. The van der Waals surface area contributed by atoms with E-state index in [1.54, 1.807) is 6.08 Å². The van der Waals surface area contributed by atoms with Crippen LogP contribution in [0.5, 0.6) is 0 Å². The number of rotatable bonds is 4. The van der Waals surface area contributed by atoms with Crippen LogP contribution in [0.2, 0.25) is 0 Å². The van der Waals surface area contributed by atoms with Crippen LogP contribution in [0.4, 0.5) is 13.2 Å². The standard InChI is InChI=1S/C20H19F3N2O3S/c1-14-3-2-4-15(13-14)5-8-18(26)24-9-11-25(12-10-24)29(27,28)17-7-6-16(21)19(22)20(17)23/h2-8,13H,9-12H2,1H3/b8-5+. The van der Waals surface area contributed by atoms with Gasteiger partial charge >= 0.3 is 0 Å². The first-order chi connectivity index (χ1) is 13.7. The quantitative estimate of drug-likeness (QED) is 0.560. The molecule has 0 aliphatic carbocycles. The van der Waals surface area contributed by atoms with Crippen LogP contribution < -0.4 is 0 Å². The number of hydrogen-bond acceptors (Lipinski definition) is 3. The summed E-state index contributed by atoms with van der Waals surface area (Å²) in [6.07, 6.45) is 3.09. The zero-order chi connectivity index (χ0) is 21.2. The lowest BCUT2D eigenvalue weighted by atomic mass is 10.1. The summed E-state index contributed by atoms with van der Waals surface area (Å²) < 4.78 is 66.5. The number of benzene rings is 2. The largest absolute Gasteiger partial charge is 0.337 e. The summed E-state index contributed by atoms with van der Waals surface area (Å²) >= 11 is 0. The number of halogens is 3. The molecule has 1 heterocycles. The van der Waals surface area contributed by atoms with Gasteiger partial charge in [-0.15, -0.1) is 0 Å². The monoisotopic (exact) mass is 424 g/mol. The first-order valence-electron chi connectivity index (χ1n) is 8.87. The Morgan fingerprint density at radius 2 is 1.69 bits per heavy atom. The van der Waals surface area contributed by atoms with Gasteiger partial charge in [0.25, 0.3) is 0 Å². The van der Waals surface area contributed by atoms with Crippen LogP contribution >= 0.6 is 0 Å². The molecule has 3 rings (SSSR count). The van der Waals surface area contributed by atoms with Crippen LogP contribution in [0.1, 0.15) is 11.1 Å². The van der Waals surface area contributed by atoms with Gasteiger partial charge in [0.05, 0.1) is 0 Å². The predicted octanol–water partition coefficient (Wildman–Crippen LogP) is 2.96. The van der Waals surface area contributed by atoms with E-state index < -0.39 is 32.4 Å². The topological polar surface area (TPSA) is 57.7 Å². The van der Waals surface area contributed by atoms with Crippen LogP contribution in [0, 0.1) is 24.4 Å². The highest BCUT2D eigenvalue weighted by molar-refractivity contribution is 7.89. The van der Waals surface area contributed by atoms with Gasteiger partial charge in [-0.3, -0.25) is 4.79 Å². The number of piperazine rings is 1. The van der Waals surface area contributed by atoms with E-state index in [2.05, 4.69) is 0 Å². The normalized spacial score (nSPS) is 15.8. The molecule has 1 aliphatic heterocycles. The molecule has 0 atom stereocenters. The second kappa shape index (κ2) is 8.38. The fraction of sp³-hybridized carbons (Fsp3) is 0.250. The van der Waals surface area contributed by atoms with Gasteiger partial charge in [-0.25, -0.2) is 21.6 Å². The lowest BCUT2D eigenvalue weighted by molar-refractivity contribution is -0.127. The molecule has 9 heteroatoms. The molecule has 1 amide bonds. The highest BCUT2D eigenvalue weighted by Crippen LogP contribution is 2.24. The van der Waals surface area contributed by atoms with Gasteiger partial charge in [-0.05, 0) is 30.7 Å². The molecule has 1 aliphatic rings. The lowest BCUT2D eigenvalue weighted by Gasteiger charge is -2.33. The maximum absolute atomic E-state index is 13.9. The molecule has 0 unspecified atom stereocenters. The minimum atomic E-state index is -4.35. The number of amides is 1. The Morgan fingerprint density at radius 3 is 2.34 bits per heavy atom. The third-order valence-electron chi connectivity index (χ3n) is 4.63. The van der Waals surface area contributed by atoms with E-state index in [9.17, 15) is 26.4 Å². The van der Waals surface area contributed by atoms with Crippen molar-refractivity contribution in [2.45, 2.75) is 11.8 Å². The Labute approximate surface area is 167 Å². The van der Waals surface area contributed by atoms with Crippen molar-refractivity contribution < 1.29 is 26.4 Å². The van der Waals surface area contributed by atoms with E-state index in [1.165, 1.54) is 11.0 Å². The molecule has 154 valence electrons. The van der Waals surface area contributed by atoms with Crippen molar-refractivity contribution in [3.8, 4) is 0 Å². The maximum Gasteiger partial charge on any atom is 0.246 e. The van der Waals surface area contributed by atoms with Crippen LogP contribution in [0.15, 0.2) is 47.4 Å². The van der Waals surface area contributed by atoms with Crippen molar-refractivity contribution in [2.24, 2.45) is 0 Å². The summed E-state index contributed by atoms with van der Waals surface area (Å²) in [5.41, 5.74) is 1.93. The Hall–Kier alpha value is -2.65. The van der Waals surface area contributed by atoms with Crippen molar-refractivity contribution in [1.29, 1.82) is 0 Å². The minimum Gasteiger partial charge on any atom is -0.337 e. The summed E-state index contributed by atoms with van der Waals surface area (Å²) in [6.45, 7) is 1.98. The van der Waals surface area contributed by atoms with Gasteiger partial charge < -0.3 is 4.90 Å². The Balaban J connectivity index is 1.67. The van der Waals surface area contributed by atoms with E-state index in [4.69, 9.17) is 0 Å². The van der Waals surface area contributed by atoms with Gasteiger partial charge in [-0.1, -0.05) is 29.8 Å². The van der Waals surface area contributed by atoms with Gasteiger partial charge in [-0.2, -0.15) is 4.31 Å². The fourth-order valence-electron chi connectivity index (χ4n) is 3.04. The van der Waals surface area contributed by atoms with Crippen molar-refractivity contribution >= 4 is 22.0 Å². The van der Waals surface area contributed by atoms with Gasteiger partial charge in [0.2, 0.25) is 15.9 Å². The van der Waals surface area contributed by atoms with Crippen molar-refractivity contribution in [3.05, 3.63) is 71.1 Å². The molecule has 0 bridgehead atoms. The third kappa shape index (κ3) is 4.51. The van der Waals surface area contributed by atoms with Gasteiger partial charge in [0.1, 0.15) is 4.90 Å². The van der Waals surface area contributed by atoms with Crippen LogP contribution in [-0.4, -0.2) is 49.7 Å². The molecular weight excluding hydrogens is 405 g/mol. The molecule has 1 saturated heterocycles. The molecule has 0 spiro atoms. The molecule has 1 fully saturated rings. The molecule has 0 saturated carbocycles. The number of nitrogens with zero attached hydrogens (tertiary/aromatic N) is 2. The second-order valence-corrected chi connectivity index (χ2v) is 8.56. The average molecular weight is 424 g/mol. The van der Waals surface area contributed by atoms with E-state index in [1.807, 2.05) is 31.2 Å². The SMILES string of the molecule is Cc1cccc(/C=C/C(=O)N2CCN(S(=O)(=O)c3ccc(F)c(F)c3F)CC2)c1. The van der Waals surface area contributed by atoms with E-state index in [0.717, 1.165) is 15.4 Å². The first-order valence-corrected chi connectivity index (χ1v) is 10.3. The van der Waals surface area contributed by atoms with E-state index in [-0.39, 0.29) is 32.1 Å². The van der Waals surface area contributed by atoms with Crippen LogP contribution in [0.25, 0.3) is 6.08 Å². The van der Waals surface area contributed by atoms with Crippen molar-refractivity contribution in [1.82, 2.24) is 9.21 Å². The van der Waals surface area contributed by atoms with Crippen LogP contribution in [-0.2, 0) is 14.8 Å². The van der Waals surface area contributed by atoms with E-state index >= 15 is 0 Å². The van der Waals surface area contributed by atoms with Gasteiger partial charge in [0, 0.05) is 32.3 Å². The molecule has 0 radical (unpaired) electrons. The number of carbonyl (C=O) groups excluding carboxylic acids is 1. The summed E-state index contributed by atoms with van der Waals surface area (Å²) in [7, 11) is -4.35. The van der Waals surface area contributed by atoms with Crippen molar-refractivity contribution in [2.75, 3.05) is 26.2 Å². The number of carbonyl (C=O) groups is 1. The molecule has 0 aromatic heterocycles. The summed E-state index contributed by atoms with van der Waals surface area (Å²) in [4.78, 5) is 12.9. The van der Waals surface area contributed by atoms with E-state index in [0.29, 0.717) is 12.1 Å². The third-order valence-corrected chi connectivity index (χ3v) is 6.54. The summed E-state index contributed by atoms with van der Waals surface area (Å²) in [5.74, 6) is -5.31. The molecule has 29 heavy (non-hydrogen) atoms. The average Bonchev–Trinajstić information content (AvgIpc) is 2.70. The number of aryl methyl sites for hydroxylation is 1. The first kappa shape index (κ1) is 21.1. The highest BCUT2D eigenvalue weighted by Gasteiger charge is 2.33.